The highest BCUT2D eigenvalue weighted by molar-refractivity contribution is 9.10. The summed E-state index contributed by atoms with van der Waals surface area (Å²) in [6.45, 7) is 0.371. The Kier molecular flexibility index (Phi) is 4.13. The smallest absolute Gasteiger partial charge is 0.293 e. The molecule has 0 saturated heterocycles. The van der Waals surface area contributed by atoms with E-state index >= 15 is 0 Å². The van der Waals surface area contributed by atoms with Crippen LogP contribution in [0.15, 0.2) is 22.7 Å². The summed E-state index contributed by atoms with van der Waals surface area (Å²) in [7, 11) is 1.59. The Morgan fingerprint density at radius 2 is 2.37 bits per heavy atom. The molecule has 0 bridgehead atoms. The van der Waals surface area contributed by atoms with Crippen LogP contribution in [-0.4, -0.2) is 28.2 Å². The van der Waals surface area contributed by atoms with E-state index in [1.807, 2.05) is 12.1 Å². The highest BCUT2D eigenvalue weighted by atomic mass is 79.9. The summed E-state index contributed by atoms with van der Waals surface area (Å²) < 4.78 is 5.95. The zero-order chi connectivity index (χ0) is 13.8. The maximum atomic E-state index is 11.9. The van der Waals surface area contributed by atoms with Crippen LogP contribution in [0.25, 0.3) is 0 Å². The molecule has 0 atom stereocenters. The lowest BCUT2D eigenvalue weighted by molar-refractivity contribution is 0.101. The van der Waals surface area contributed by atoms with E-state index in [1.165, 1.54) is 0 Å². The molecule has 4 N–H and O–H groups in total. The quantitative estimate of drug-likeness (QED) is 0.790. The van der Waals surface area contributed by atoms with Crippen molar-refractivity contribution in [1.82, 2.24) is 15.2 Å². The molecule has 1 aromatic heterocycles. The lowest BCUT2D eigenvalue weighted by Gasteiger charge is -2.11. The Balaban J connectivity index is 2.23. The van der Waals surface area contributed by atoms with Gasteiger partial charge in [0.1, 0.15) is 0 Å². The number of aromatic amines is 1. The van der Waals surface area contributed by atoms with Crippen molar-refractivity contribution in [3.8, 4) is 0 Å². The zero-order valence-corrected chi connectivity index (χ0v) is 11.7. The number of H-pyrrole nitrogens is 1. The molecule has 0 aliphatic heterocycles. The first kappa shape index (κ1) is 13.5. The van der Waals surface area contributed by atoms with Gasteiger partial charge in [0, 0.05) is 22.8 Å². The number of methoxy groups -OCH3 is 1. The largest absolute Gasteiger partial charge is 0.380 e. The molecule has 100 valence electrons. The van der Waals surface area contributed by atoms with Crippen LogP contribution in [0, 0.1) is 0 Å². The zero-order valence-electron chi connectivity index (χ0n) is 10.1. The average molecular weight is 326 g/mol. The van der Waals surface area contributed by atoms with Crippen molar-refractivity contribution in [3.63, 3.8) is 0 Å². The molecule has 0 radical (unpaired) electrons. The van der Waals surface area contributed by atoms with Crippen molar-refractivity contribution in [2.45, 2.75) is 6.61 Å². The Labute approximate surface area is 117 Å². The number of rotatable bonds is 4. The van der Waals surface area contributed by atoms with E-state index < -0.39 is 5.91 Å². The van der Waals surface area contributed by atoms with Gasteiger partial charge in [0.25, 0.3) is 5.91 Å². The van der Waals surface area contributed by atoms with Gasteiger partial charge in [-0.15, -0.1) is 5.10 Å². The van der Waals surface area contributed by atoms with E-state index in [9.17, 15) is 4.79 Å². The van der Waals surface area contributed by atoms with Crippen LogP contribution in [-0.2, 0) is 11.3 Å². The third kappa shape index (κ3) is 3.09. The molecular formula is C11H12BrN5O2. The molecular weight excluding hydrogens is 314 g/mol. The van der Waals surface area contributed by atoms with E-state index in [0.717, 1.165) is 10.0 Å². The average Bonchev–Trinajstić information content (AvgIpc) is 2.80. The highest BCUT2D eigenvalue weighted by Crippen LogP contribution is 2.25. The number of nitrogen functional groups attached to an aromatic ring is 1. The van der Waals surface area contributed by atoms with Crippen molar-refractivity contribution >= 4 is 33.5 Å². The Bertz CT molecular complexity index is 599. The molecule has 0 aliphatic carbocycles. The maximum absolute atomic E-state index is 11.9. The summed E-state index contributed by atoms with van der Waals surface area (Å²) in [6, 6.07) is 5.46. The number of benzene rings is 1. The summed E-state index contributed by atoms with van der Waals surface area (Å²) in [5.41, 5.74) is 6.82. The number of nitrogens with one attached hydrogen (secondary N) is 2. The predicted molar refractivity (Wildman–Crippen MR) is 73.6 cm³/mol. The van der Waals surface area contributed by atoms with Crippen LogP contribution in [0.1, 0.15) is 16.2 Å². The van der Waals surface area contributed by atoms with Gasteiger partial charge in [-0.05, 0) is 12.1 Å². The van der Waals surface area contributed by atoms with Gasteiger partial charge in [0.15, 0.2) is 0 Å². The third-order valence-electron chi connectivity index (χ3n) is 2.37. The van der Waals surface area contributed by atoms with Gasteiger partial charge in [0.05, 0.1) is 6.61 Å². The molecule has 1 amide bonds. The Hall–Kier alpha value is -1.93. The number of hydrogen-bond donors (Lipinski definition) is 3. The number of aromatic nitrogens is 3. The van der Waals surface area contributed by atoms with Crippen LogP contribution >= 0.6 is 15.9 Å². The lowest BCUT2D eigenvalue weighted by Crippen LogP contribution is -2.15. The Morgan fingerprint density at radius 3 is 3.00 bits per heavy atom. The molecule has 8 heteroatoms. The minimum absolute atomic E-state index is 0.0245. The second-order valence-corrected chi connectivity index (χ2v) is 4.55. The highest BCUT2D eigenvalue weighted by Gasteiger charge is 2.14. The fraction of sp³-hybridized carbons (Fsp3) is 0.182. The van der Waals surface area contributed by atoms with E-state index in [4.69, 9.17) is 10.5 Å². The minimum atomic E-state index is -0.417. The first-order valence-electron chi connectivity index (χ1n) is 5.37. The van der Waals surface area contributed by atoms with Crippen molar-refractivity contribution < 1.29 is 9.53 Å². The fourth-order valence-electron chi connectivity index (χ4n) is 1.52. The molecule has 0 fully saturated rings. The minimum Gasteiger partial charge on any atom is -0.380 e. The number of nitrogens with two attached hydrogens (primary N) is 1. The van der Waals surface area contributed by atoms with Crippen molar-refractivity contribution in [2.75, 3.05) is 18.2 Å². The van der Waals surface area contributed by atoms with E-state index in [1.54, 1.807) is 13.2 Å². The monoisotopic (exact) mass is 325 g/mol. The van der Waals surface area contributed by atoms with Gasteiger partial charge in [-0.2, -0.15) is 4.98 Å². The number of nitrogens with zero attached hydrogens (tertiary/aromatic N) is 2. The van der Waals surface area contributed by atoms with Crippen LogP contribution in [0.4, 0.5) is 11.6 Å². The number of hydrogen-bond acceptors (Lipinski definition) is 5. The van der Waals surface area contributed by atoms with Gasteiger partial charge in [-0.25, -0.2) is 0 Å². The fourth-order valence-corrected chi connectivity index (χ4v) is 2.01. The van der Waals surface area contributed by atoms with E-state index in [2.05, 4.69) is 36.4 Å². The molecule has 2 rings (SSSR count). The van der Waals surface area contributed by atoms with Crippen molar-refractivity contribution in [2.24, 2.45) is 0 Å². The first-order valence-corrected chi connectivity index (χ1v) is 6.16. The molecule has 0 aliphatic rings. The van der Waals surface area contributed by atoms with Gasteiger partial charge in [0.2, 0.25) is 11.8 Å². The number of amides is 1. The number of ether oxygens (including phenoxy) is 1. The molecule has 1 heterocycles. The van der Waals surface area contributed by atoms with Crippen LogP contribution in [0.3, 0.4) is 0 Å². The second kappa shape index (κ2) is 5.81. The summed E-state index contributed by atoms with van der Waals surface area (Å²) >= 11 is 3.41. The number of anilines is 2. The molecule has 1 aromatic carbocycles. The molecule has 0 saturated carbocycles. The molecule has 2 aromatic rings. The van der Waals surface area contributed by atoms with Crippen molar-refractivity contribution in [3.05, 3.63) is 34.1 Å². The molecule has 0 unspecified atom stereocenters. The summed E-state index contributed by atoms with van der Waals surface area (Å²) in [5.74, 6) is -0.336. The molecule has 7 nitrogen and oxygen atoms in total. The first-order chi connectivity index (χ1) is 9.11. The lowest BCUT2D eigenvalue weighted by atomic mass is 10.2. The molecule has 0 spiro atoms. The van der Waals surface area contributed by atoms with Crippen LogP contribution < -0.4 is 11.1 Å². The summed E-state index contributed by atoms with van der Waals surface area (Å²) in [6.07, 6.45) is 0. The number of carbonyl (C=O) groups excluding carboxylic acids is 1. The number of carbonyl (C=O) groups is 1. The normalized spacial score (nSPS) is 10.4. The third-order valence-corrected chi connectivity index (χ3v) is 3.12. The van der Waals surface area contributed by atoms with Crippen LogP contribution in [0.2, 0.25) is 0 Å². The SMILES string of the molecule is COCc1c(Br)cccc1NC(=O)c1nc(N)n[nH]1. The van der Waals surface area contributed by atoms with Gasteiger partial charge in [-0.3, -0.25) is 9.89 Å². The standard InChI is InChI=1S/C11H12BrN5O2/c1-19-5-6-7(12)3-2-4-8(6)14-10(18)9-15-11(13)17-16-9/h2-4H,5H2,1H3,(H,14,18)(H3,13,15,16,17). The van der Waals surface area contributed by atoms with Gasteiger partial charge >= 0.3 is 0 Å². The van der Waals surface area contributed by atoms with Crippen molar-refractivity contribution in [1.29, 1.82) is 0 Å². The van der Waals surface area contributed by atoms with E-state index in [0.29, 0.717) is 12.3 Å². The second-order valence-electron chi connectivity index (χ2n) is 3.70. The maximum Gasteiger partial charge on any atom is 0.293 e. The summed E-state index contributed by atoms with van der Waals surface area (Å²) in [5, 5.41) is 8.78. The van der Waals surface area contributed by atoms with Gasteiger partial charge < -0.3 is 15.8 Å². The summed E-state index contributed by atoms with van der Waals surface area (Å²) in [4.78, 5) is 15.7. The molecule has 19 heavy (non-hydrogen) atoms. The van der Waals surface area contributed by atoms with Crippen LogP contribution in [0.5, 0.6) is 0 Å². The Morgan fingerprint density at radius 1 is 1.58 bits per heavy atom. The topological polar surface area (TPSA) is 106 Å². The predicted octanol–water partition coefficient (Wildman–Crippen LogP) is 1.55. The van der Waals surface area contributed by atoms with E-state index in [-0.39, 0.29) is 11.8 Å². The van der Waals surface area contributed by atoms with Gasteiger partial charge in [-0.1, -0.05) is 22.0 Å². The number of halogens is 1.